The van der Waals surface area contributed by atoms with Crippen LogP contribution in [0.3, 0.4) is 0 Å². The van der Waals surface area contributed by atoms with Gasteiger partial charge in [-0.2, -0.15) is 0 Å². The first-order chi connectivity index (χ1) is 27.8. The van der Waals surface area contributed by atoms with E-state index in [0.29, 0.717) is 53.5 Å². The van der Waals surface area contributed by atoms with Crippen LogP contribution in [0.4, 0.5) is 38.5 Å². The van der Waals surface area contributed by atoms with E-state index in [9.17, 15) is 33.2 Å². The zero-order chi connectivity index (χ0) is 41.6. The van der Waals surface area contributed by atoms with Crippen LogP contribution in [0, 0.1) is 19.7 Å². The monoisotopic (exact) mass is 792 g/mol. The summed E-state index contributed by atoms with van der Waals surface area (Å²) in [5, 5.41) is 17.3. The molecule has 2 aliphatic heterocycles. The van der Waals surface area contributed by atoms with Crippen molar-refractivity contribution in [3.05, 3.63) is 141 Å². The molecule has 0 fully saturated rings. The minimum atomic E-state index is -0.763. The molecule has 6 N–H and O–H groups in total. The third-order valence-electron chi connectivity index (χ3n) is 10.4. The van der Waals surface area contributed by atoms with Crippen molar-refractivity contribution >= 4 is 45.9 Å². The number of hydrogen-bond donors (Lipinski definition) is 6. The van der Waals surface area contributed by atoms with Gasteiger partial charge in [0, 0.05) is 6.54 Å². The van der Waals surface area contributed by atoms with Crippen molar-refractivity contribution in [3.8, 4) is 5.75 Å². The van der Waals surface area contributed by atoms with Crippen molar-refractivity contribution in [1.29, 1.82) is 0 Å². The summed E-state index contributed by atoms with van der Waals surface area (Å²) < 4.78 is 31.2. The van der Waals surface area contributed by atoms with Gasteiger partial charge >= 0.3 is 0 Å². The number of halogens is 1. The number of fused-ring (bicyclic) bond motifs is 2. The Kier molecular flexibility index (Phi) is 10.5. The number of carbonyl (C=O) groups excluding carboxylic acids is 2. The van der Waals surface area contributed by atoms with Gasteiger partial charge in [0.1, 0.15) is 57.4 Å². The van der Waals surface area contributed by atoms with Gasteiger partial charge < -0.3 is 45.5 Å². The summed E-state index contributed by atoms with van der Waals surface area (Å²) in [6.45, 7) is 9.70. The number of amides is 2. The van der Waals surface area contributed by atoms with Gasteiger partial charge in [-0.05, 0) is 81.1 Å². The molecule has 0 aliphatic carbocycles. The van der Waals surface area contributed by atoms with Crippen LogP contribution in [0.1, 0.15) is 107 Å². The van der Waals surface area contributed by atoms with Gasteiger partial charge in [-0.25, -0.2) is 4.39 Å². The van der Waals surface area contributed by atoms with E-state index in [2.05, 4.69) is 31.9 Å². The minimum absolute atomic E-state index is 0.0550. The van der Waals surface area contributed by atoms with Crippen LogP contribution in [-0.4, -0.2) is 18.9 Å². The van der Waals surface area contributed by atoms with Crippen LogP contribution < -0.4 is 58.4 Å². The fourth-order valence-electron chi connectivity index (χ4n) is 7.18. The number of rotatable bonds is 13. The van der Waals surface area contributed by atoms with E-state index in [1.165, 1.54) is 19.2 Å². The van der Waals surface area contributed by atoms with Crippen LogP contribution in [0.5, 0.6) is 5.75 Å². The minimum Gasteiger partial charge on any atom is -0.495 e. The summed E-state index contributed by atoms with van der Waals surface area (Å²) in [6.07, 6.45) is 1.25. The number of methoxy groups -OCH3 is 1. The second-order valence-electron chi connectivity index (χ2n) is 14.1. The largest absolute Gasteiger partial charge is 0.495 e. The molecule has 4 heterocycles. The van der Waals surface area contributed by atoms with Gasteiger partial charge in [-0.15, -0.1) is 0 Å². The third-order valence-corrected chi connectivity index (χ3v) is 10.4. The van der Waals surface area contributed by atoms with Crippen LogP contribution in [0.25, 0.3) is 0 Å². The summed E-state index contributed by atoms with van der Waals surface area (Å²) in [5.41, 5.74) is -0.176. The average molecular weight is 793 g/mol. The molecular formula is C42H41FN6O9. The number of aryl methyl sites for hydroxylation is 2. The molecule has 8 rings (SSSR count). The Morgan fingerprint density at radius 1 is 0.690 bits per heavy atom. The number of hydrogen-bond acceptors (Lipinski definition) is 13. The maximum atomic E-state index is 14.5. The number of nitrogens with one attached hydrogen (secondary N) is 6. The molecule has 300 valence electrons. The molecule has 16 heteroatoms. The highest BCUT2D eigenvalue weighted by atomic mass is 19.1. The molecule has 15 nitrogen and oxygen atoms in total. The zero-order valence-corrected chi connectivity index (χ0v) is 32.5. The van der Waals surface area contributed by atoms with Crippen LogP contribution in [-0.2, 0) is 6.54 Å². The predicted molar refractivity (Wildman–Crippen MR) is 216 cm³/mol. The van der Waals surface area contributed by atoms with E-state index in [0.717, 1.165) is 17.1 Å². The molecule has 0 spiro atoms. The maximum absolute atomic E-state index is 14.5. The molecule has 0 saturated heterocycles. The van der Waals surface area contributed by atoms with E-state index >= 15 is 0 Å². The van der Waals surface area contributed by atoms with Gasteiger partial charge in [-0.1, -0.05) is 26.0 Å². The normalized spacial score (nSPS) is 15.2. The Bertz CT molecular complexity index is 2730. The lowest BCUT2D eigenvalue weighted by atomic mass is 10.0. The summed E-state index contributed by atoms with van der Waals surface area (Å²) in [7, 11) is 1.48. The van der Waals surface area contributed by atoms with Crippen LogP contribution in [0.15, 0.2) is 76.5 Å². The smallest absolute Gasteiger partial charge is 0.254 e. The molecule has 6 aromatic rings. The van der Waals surface area contributed by atoms with Crippen molar-refractivity contribution in [2.45, 2.75) is 72.1 Å². The highest BCUT2D eigenvalue weighted by molar-refractivity contribution is 6.06. The van der Waals surface area contributed by atoms with E-state index in [4.69, 9.17) is 13.6 Å². The van der Waals surface area contributed by atoms with Gasteiger partial charge in [0.25, 0.3) is 33.5 Å². The van der Waals surface area contributed by atoms with Gasteiger partial charge in [-0.3, -0.25) is 28.8 Å². The first-order valence-corrected chi connectivity index (χ1v) is 18.7. The van der Waals surface area contributed by atoms with Crippen molar-refractivity contribution in [3.63, 3.8) is 0 Å². The number of carbonyl (C=O) groups is 2. The second-order valence-corrected chi connectivity index (χ2v) is 14.1. The average Bonchev–Trinajstić information content (AvgIpc) is 4.01. The third kappa shape index (κ3) is 6.90. The quantitative estimate of drug-likeness (QED) is 0.0723. The molecule has 2 aromatic heterocycles. The topological polar surface area (TPSA) is 210 Å². The molecular weight excluding hydrogens is 751 g/mol. The van der Waals surface area contributed by atoms with Gasteiger partial charge in [0.2, 0.25) is 0 Å². The molecule has 0 saturated carbocycles. The standard InChI is InChI=1S/C21H20FN3O4.C21H21N3O5/c1-4-13(14-8-5-9(2)29-14)24-17-18(20(27)19(17)26)25-16-12(22)7-6-11-10(3)23-21(28)15(11)16;1-4-12(13-7-5-10(2)29-13)23-17-18(20(26)19(17)25)24-16-14(28-3)8-6-11-9-22-21(27)15(11)16/h5-8,10,13,24-25H,4H2,1-3H3,(H,23,28);5-8,12,23-24H,4,9H2,1-3H3,(H,22,27)/t10?,13-;12-/m11/s1. The lowest BCUT2D eigenvalue weighted by molar-refractivity contribution is 0.0953. The number of anilines is 6. The predicted octanol–water partition coefficient (Wildman–Crippen LogP) is 6.18. The Labute approximate surface area is 330 Å². The lowest BCUT2D eigenvalue weighted by Gasteiger charge is -2.21. The molecule has 58 heavy (non-hydrogen) atoms. The molecule has 1 unspecified atom stereocenters. The SMILES string of the molecule is CC[C@@H](Nc1c(Nc2c(F)ccc3c2C(=O)NC3C)c(=O)c1=O)c1ccc(C)o1.CC[C@@H](Nc1c(Nc2c(OC)ccc3c2C(=O)NC3)c(=O)c1=O)c1ccc(C)o1. The van der Waals surface area contributed by atoms with E-state index in [1.807, 2.05) is 45.9 Å². The molecule has 4 aromatic carbocycles. The Morgan fingerprint density at radius 2 is 1.22 bits per heavy atom. The number of benzene rings is 2. The fraction of sp³-hybridized carbons (Fsp3) is 0.286. The fourth-order valence-corrected chi connectivity index (χ4v) is 7.18. The Morgan fingerprint density at radius 3 is 1.72 bits per heavy atom. The molecule has 2 amide bonds. The van der Waals surface area contributed by atoms with Gasteiger partial charge in [0.05, 0.1) is 47.7 Å². The van der Waals surface area contributed by atoms with Crippen LogP contribution in [0.2, 0.25) is 0 Å². The van der Waals surface area contributed by atoms with E-state index in [-0.39, 0.29) is 58.0 Å². The highest BCUT2D eigenvalue weighted by Crippen LogP contribution is 2.38. The maximum Gasteiger partial charge on any atom is 0.254 e. The van der Waals surface area contributed by atoms with Crippen molar-refractivity contribution in [2.24, 2.45) is 0 Å². The highest BCUT2D eigenvalue weighted by Gasteiger charge is 2.33. The van der Waals surface area contributed by atoms with Crippen molar-refractivity contribution in [2.75, 3.05) is 28.4 Å². The zero-order valence-electron chi connectivity index (χ0n) is 32.5. The van der Waals surface area contributed by atoms with E-state index < -0.39 is 33.4 Å². The summed E-state index contributed by atoms with van der Waals surface area (Å²) in [5.74, 6) is 1.84. The summed E-state index contributed by atoms with van der Waals surface area (Å²) in [6, 6.07) is 12.7. The number of ether oxygens (including phenoxy) is 1. The Hall–Kier alpha value is -6.97. The molecule has 3 atom stereocenters. The number of furan rings is 2. The van der Waals surface area contributed by atoms with Crippen molar-refractivity contribution < 1.29 is 27.6 Å². The second kappa shape index (κ2) is 15.5. The molecule has 0 bridgehead atoms. The first kappa shape index (κ1) is 39.3. The summed E-state index contributed by atoms with van der Waals surface area (Å²) >= 11 is 0. The van der Waals surface area contributed by atoms with Crippen molar-refractivity contribution in [1.82, 2.24) is 10.6 Å². The summed E-state index contributed by atoms with van der Waals surface area (Å²) in [4.78, 5) is 73.4. The molecule has 2 aliphatic rings. The lowest BCUT2D eigenvalue weighted by Crippen LogP contribution is -2.37. The first-order valence-electron chi connectivity index (χ1n) is 18.7. The van der Waals surface area contributed by atoms with E-state index in [1.54, 1.807) is 25.1 Å². The molecule has 0 radical (unpaired) electrons. The van der Waals surface area contributed by atoms with Gasteiger partial charge in [0.15, 0.2) is 0 Å². The van der Waals surface area contributed by atoms with Crippen LogP contribution >= 0.6 is 0 Å². The Balaban J connectivity index is 0.000000177.